The summed E-state index contributed by atoms with van der Waals surface area (Å²) < 4.78 is 13.3. The molecule has 0 spiro atoms. The molecule has 0 radical (unpaired) electrons. The average Bonchev–Trinajstić information content (AvgIpc) is 2.31. The molecule has 1 amide bonds. The first-order valence-electron chi connectivity index (χ1n) is 5.77. The van der Waals surface area contributed by atoms with Crippen molar-refractivity contribution in [3.05, 3.63) is 53.0 Å². The molecular formula is C14H14FN3O. The number of anilines is 2. The highest BCUT2D eigenvalue weighted by molar-refractivity contribution is 6.04. The Kier molecular flexibility index (Phi) is 3.46. The van der Waals surface area contributed by atoms with Gasteiger partial charge in [-0.15, -0.1) is 0 Å². The third-order valence-electron chi connectivity index (χ3n) is 2.60. The van der Waals surface area contributed by atoms with Gasteiger partial charge in [0.25, 0.3) is 5.91 Å². The van der Waals surface area contributed by atoms with Crippen molar-refractivity contribution in [1.82, 2.24) is 4.98 Å². The van der Waals surface area contributed by atoms with E-state index in [0.29, 0.717) is 5.82 Å². The molecule has 19 heavy (non-hydrogen) atoms. The van der Waals surface area contributed by atoms with Crippen LogP contribution in [-0.4, -0.2) is 10.9 Å². The van der Waals surface area contributed by atoms with Crippen molar-refractivity contribution in [2.45, 2.75) is 13.8 Å². The number of halogens is 1. The number of amides is 1. The predicted octanol–water partition coefficient (Wildman–Crippen LogP) is 2.67. The molecule has 0 saturated heterocycles. The van der Waals surface area contributed by atoms with Crippen LogP contribution in [0.3, 0.4) is 0 Å². The quantitative estimate of drug-likeness (QED) is 0.815. The van der Waals surface area contributed by atoms with Crippen molar-refractivity contribution in [1.29, 1.82) is 0 Å². The molecule has 1 aromatic heterocycles. The zero-order valence-corrected chi connectivity index (χ0v) is 10.7. The minimum absolute atomic E-state index is 0.0149. The van der Waals surface area contributed by atoms with Gasteiger partial charge in [0.1, 0.15) is 11.6 Å². The van der Waals surface area contributed by atoms with Crippen LogP contribution in [0.4, 0.5) is 15.9 Å². The normalized spacial score (nSPS) is 10.3. The summed E-state index contributed by atoms with van der Waals surface area (Å²) in [6.07, 6.45) is 0. The third-order valence-corrected chi connectivity index (χ3v) is 2.60. The van der Waals surface area contributed by atoms with Gasteiger partial charge in [-0.25, -0.2) is 9.37 Å². The van der Waals surface area contributed by atoms with Crippen LogP contribution in [0.5, 0.6) is 0 Å². The van der Waals surface area contributed by atoms with E-state index in [0.717, 1.165) is 17.3 Å². The van der Waals surface area contributed by atoms with Gasteiger partial charge in [0.05, 0.1) is 5.69 Å². The van der Waals surface area contributed by atoms with Gasteiger partial charge in [-0.3, -0.25) is 4.79 Å². The molecule has 0 fully saturated rings. The summed E-state index contributed by atoms with van der Waals surface area (Å²) >= 11 is 0. The standard InChI is InChI=1S/C14H14FN3O/c1-8-5-9(2)17-13(6-8)18-14(19)10-3-4-12(16)11(15)7-10/h3-7H,16H2,1-2H3,(H,17,18,19). The van der Waals surface area contributed by atoms with E-state index in [4.69, 9.17) is 5.73 Å². The maximum Gasteiger partial charge on any atom is 0.256 e. The molecule has 5 heteroatoms. The molecule has 0 atom stereocenters. The highest BCUT2D eigenvalue weighted by Gasteiger charge is 2.09. The zero-order valence-electron chi connectivity index (χ0n) is 10.7. The summed E-state index contributed by atoms with van der Waals surface area (Å²) in [7, 11) is 0. The van der Waals surface area contributed by atoms with Crippen molar-refractivity contribution < 1.29 is 9.18 Å². The van der Waals surface area contributed by atoms with Crippen molar-refractivity contribution in [3.8, 4) is 0 Å². The van der Waals surface area contributed by atoms with Crippen molar-refractivity contribution in [2.75, 3.05) is 11.1 Å². The number of rotatable bonds is 2. The SMILES string of the molecule is Cc1cc(C)nc(NC(=O)c2ccc(N)c(F)c2)c1. The van der Waals surface area contributed by atoms with Crippen LogP contribution < -0.4 is 11.1 Å². The predicted molar refractivity (Wildman–Crippen MR) is 72.5 cm³/mol. The lowest BCUT2D eigenvalue weighted by molar-refractivity contribution is 0.102. The lowest BCUT2D eigenvalue weighted by atomic mass is 10.2. The monoisotopic (exact) mass is 259 g/mol. The fraction of sp³-hybridized carbons (Fsp3) is 0.143. The number of nitrogens with two attached hydrogens (primary N) is 1. The molecular weight excluding hydrogens is 245 g/mol. The summed E-state index contributed by atoms with van der Waals surface area (Å²) in [6, 6.07) is 7.58. The molecule has 0 aliphatic heterocycles. The van der Waals surface area contributed by atoms with E-state index in [1.54, 1.807) is 6.07 Å². The number of nitrogen functional groups attached to an aromatic ring is 1. The molecule has 2 aromatic rings. The summed E-state index contributed by atoms with van der Waals surface area (Å²) in [5.74, 6) is -0.586. The van der Waals surface area contributed by atoms with Crippen LogP contribution in [0.15, 0.2) is 30.3 Å². The number of nitrogens with zero attached hydrogens (tertiary/aromatic N) is 1. The molecule has 1 heterocycles. The largest absolute Gasteiger partial charge is 0.396 e. The minimum atomic E-state index is -0.610. The van der Waals surface area contributed by atoms with Gasteiger partial charge >= 0.3 is 0 Å². The lowest BCUT2D eigenvalue weighted by Crippen LogP contribution is -2.14. The van der Waals surface area contributed by atoms with Crippen LogP contribution in [-0.2, 0) is 0 Å². The molecule has 4 nitrogen and oxygen atoms in total. The summed E-state index contributed by atoms with van der Waals surface area (Å²) in [5.41, 5.74) is 7.37. The number of hydrogen-bond acceptors (Lipinski definition) is 3. The maximum absolute atomic E-state index is 13.3. The number of aryl methyl sites for hydroxylation is 2. The first-order valence-corrected chi connectivity index (χ1v) is 5.77. The van der Waals surface area contributed by atoms with Gasteiger partial charge in [0.15, 0.2) is 0 Å². The number of carbonyl (C=O) groups is 1. The second kappa shape index (κ2) is 5.06. The van der Waals surface area contributed by atoms with Crippen LogP contribution in [0, 0.1) is 19.7 Å². The van der Waals surface area contributed by atoms with Gasteiger partial charge < -0.3 is 11.1 Å². The van der Waals surface area contributed by atoms with Crippen LogP contribution in [0.1, 0.15) is 21.6 Å². The maximum atomic E-state index is 13.3. The Morgan fingerprint density at radius 2 is 2.00 bits per heavy atom. The topological polar surface area (TPSA) is 68.0 Å². The van der Waals surface area contributed by atoms with Gasteiger partial charge in [0, 0.05) is 11.3 Å². The summed E-state index contributed by atoms with van der Waals surface area (Å²) in [4.78, 5) is 16.1. The number of aromatic nitrogens is 1. The molecule has 98 valence electrons. The second-order valence-electron chi connectivity index (χ2n) is 4.36. The van der Waals surface area contributed by atoms with Gasteiger partial charge in [-0.1, -0.05) is 0 Å². The average molecular weight is 259 g/mol. The highest BCUT2D eigenvalue weighted by Crippen LogP contribution is 2.14. The van der Waals surface area contributed by atoms with Crippen LogP contribution >= 0.6 is 0 Å². The Balaban J connectivity index is 2.22. The molecule has 0 aliphatic carbocycles. The first kappa shape index (κ1) is 13.0. The van der Waals surface area contributed by atoms with Crippen molar-refractivity contribution >= 4 is 17.4 Å². The van der Waals surface area contributed by atoms with E-state index in [9.17, 15) is 9.18 Å². The molecule has 0 aliphatic rings. The fourth-order valence-corrected chi connectivity index (χ4v) is 1.76. The third kappa shape index (κ3) is 3.07. The molecule has 3 N–H and O–H groups in total. The first-order chi connectivity index (χ1) is 8.95. The number of pyridine rings is 1. The van der Waals surface area contributed by atoms with E-state index in [1.807, 2.05) is 19.9 Å². The second-order valence-corrected chi connectivity index (χ2v) is 4.36. The van der Waals surface area contributed by atoms with Gasteiger partial charge in [-0.05, 0) is 49.7 Å². The van der Waals surface area contributed by atoms with Gasteiger partial charge in [-0.2, -0.15) is 0 Å². The van der Waals surface area contributed by atoms with Crippen LogP contribution in [0.25, 0.3) is 0 Å². The summed E-state index contributed by atoms with van der Waals surface area (Å²) in [5, 5.41) is 2.63. The van der Waals surface area contributed by atoms with E-state index in [2.05, 4.69) is 10.3 Å². The minimum Gasteiger partial charge on any atom is -0.396 e. The van der Waals surface area contributed by atoms with E-state index in [-0.39, 0.29) is 11.3 Å². The molecule has 1 aromatic carbocycles. The Morgan fingerprint density at radius 1 is 1.26 bits per heavy atom. The fourth-order valence-electron chi connectivity index (χ4n) is 1.76. The van der Waals surface area contributed by atoms with E-state index in [1.165, 1.54) is 12.1 Å². The van der Waals surface area contributed by atoms with Crippen molar-refractivity contribution in [3.63, 3.8) is 0 Å². The highest BCUT2D eigenvalue weighted by atomic mass is 19.1. The van der Waals surface area contributed by atoms with E-state index >= 15 is 0 Å². The number of nitrogens with one attached hydrogen (secondary N) is 1. The molecule has 0 saturated carbocycles. The molecule has 0 unspecified atom stereocenters. The zero-order chi connectivity index (χ0) is 14.0. The van der Waals surface area contributed by atoms with Crippen LogP contribution in [0.2, 0.25) is 0 Å². The van der Waals surface area contributed by atoms with Gasteiger partial charge in [0.2, 0.25) is 0 Å². The Labute approximate surface area is 110 Å². The smallest absolute Gasteiger partial charge is 0.256 e. The Bertz CT molecular complexity index is 620. The number of hydrogen-bond donors (Lipinski definition) is 2. The Hall–Kier alpha value is -2.43. The lowest BCUT2D eigenvalue weighted by Gasteiger charge is -2.07. The number of benzene rings is 1. The summed E-state index contributed by atoms with van der Waals surface area (Å²) in [6.45, 7) is 3.75. The molecule has 2 rings (SSSR count). The van der Waals surface area contributed by atoms with Crippen molar-refractivity contribution in [2.24, 2.45) is 0 Å². The Morgan fingerprint density at radius 3 is 2.63 bits per heavy atom. The number of carbonyl (C=O) groups excluding carboxylic acids is 1. The van der Waals surface area contributed by atoms with E-state index < -0.39 is 11.7 Å². The molecule has 0 bridgehead atoms.